The molecule has 0 aliphatic heterocycles. The molecule has 0 saturated carbocycles. The van der Waals surface area contributed by atoms with Gasteiger partial charge in [0.25, 0.3) is 5.91 Å². The lowest BCUT2D eigenvalue weighted by Gasteiger charge is -1.98. The van der Waals surface area contributed by atoms with Gasteiger partial charge >= 0.3 is 0 Å². The number of nitrogens with zero attached hydrogens (tertiary/aromatic N) is 2. The van der Waals surface area contributed by atoms with Gasteiger partial charge < -0.3 is 0 Å². The second kappa shape index (κ2) is 7.68. The maximum Gasteiger partial charge on any atom is 0.267 e. The predicted molar refractivity (Wildman–Crippen MR) is 101 cm³/mol. The molecule has 4 nitrogen and oxygen atoms in total. The van der Waals surface area contributed by atoms with Crippen LogP contribution < -0.4 is 5.32 Å². The molecule has 3 rings (SSSR count). The number of aryl methyl sites for hydroxylation is 2. The minimum Gasteiger partial charge on any atom is -0.297 e. The molecule has 0 saturated heterocycles. The average molecular weight is 358 g/mol. The minimum atomic E-state index is -0.0762. The number of hydrogen-bond acceptors (Lipinski definition) is 5. The van der Waals surface area contributed by atoms with Crippen LogP contribution in [0.25, 0.3) is 11.3 Å². The van der Waals surface area contributed by atoms with Gasteiger partial charge in [0, 0.05) is 28.2 Å². The molecular formula is C18H19N3OS2. The highest BCUT2D eigenvalue weighted by Crippen LogP contribution is 2.27. The van der Waals surface area contributed by atoms with Crippen LogP contribution in [0.1, 0.15) is 40.4 Å². The van der Waals surface area contributed by atoms with Crippen LogP contribution in [0.5, 0.6) is 0 Å². The van der Waals surface area contributed by atoms with Crippen LogP contribution in [0.4, 0.5) is 5.13 Å². The number of rotatable bonds is 6. The number of amides is 1. The van der Waals surface area contributed by atoms with Crippen molar-refractivity contribution in [3.05, 3.63) is 51.3 Å². The minimum absolute atomic E-state index is 0.0762. The number of thiophene rings is 1. The van der Waals surface area contributed by atoms with E-state index in [1.807, 2.05) is 23.6 Å². The molecule has 0 atom stereocenters. The van der Waals surface area contributed by atoms with Crippen LogP contribution in [-0.2, 0) is 12.8 Å². The van der Waals surface area contributed by atoms with Crippen molar-refractivity contribution in [3.63, 3.8) is 0 Å². The van der Waals surface area contributed by atoms with Crippen molar-refractivity contribution in [2.24, 2.45) is 0 Å². The quantitative estimate of drug-likeness (QED) is 0.673. The number of carbonyl (C=O) groups is 1. The first kappa shape index (κ1) is 16.8. The van der Waals surface area contributed by atoms with Crippen molar-refractivity contribution >= 4 is 33.7 Å². The van der Waals surface area contributed by atoms with Gasteiger partial charge in [-0.15, -0.1) is 22.7 Å². The number of thiazole rings is 1. The molecule has 3 aromatic heterocycles. The highest BCUT2D eigenvalue weighted by Gasteiger charge is 2.15. The fraction of sp³-hybridized carbons (Fsp3) is 0.278. The summed E-state index contributed by atoms with van der Waals surface area (Å²) in [7, 11) is 0. The van der Waals surface area contributed by atoms with Crippen molar-refractivity contribution in [3.8, 4) is 11.3 Å². The molecule has 124 valence electrons. The fourth-order valence-corrected chi connectivity index (χ4v) is 4.43. The largest absolute Gasteiger partial charge is 0.297 e. The third-order valence-corrected chi connectivity index (χ3v) is 5.67. The summed E-state index contributed by atoms with van der Waals surface area (Å²) < 4.78 is 0. The Labute approximate surface area is 149 Å². The monoisotopic (exact) mass is 357 g/mol. The zero-order valence-electron chi connectivity index (χ0n) is 13.7. The molecule has 3 heterocycles. The Kier molecular flexibility index (Phi) is 5.37. The maximum absolute atomic E-state index is 12.5. The second-order valence-corrected chi connectivity index (χ2v) is 7.39. The number of anilines is 1. The van der Waals surface area contributed by atoms with Crippen LogP contribution in [-0.4, -0.2) is 15.9 Å². The van der Waals surface area contributed by atoms with E-state index in [0.717, 1.165) is 35.4 Å². The standard InChI is InChI=1S/C18H19N3OS2/c1-3-5-15-12(4-2)10-16(24-15)17(22)21-18-20-14(11-23-18)13-6-8-19-9-7-13/h6-11H,3-5H2,1-2H3,(H,20,21,22). The topological polar surface area (TPSA) is 54.9 Å². The Bertz CT molecular complexity index is 824. The van der Waals surface area contributed by atoms with Crippen molar-refractivity contribution in [1.29, 1.82) is 0 Å². The zero-order valence-corrected chi connectivity index (χ0v) is 15.3. The third kappa shape index (κ3) is 3.71. The van der Waals surface area contributed by atoms with Gasteiger partial charge in [0.2, 0.25) is 0 Å². The second-order valence-electron chi connectivity index (χ2n) is 5.39. The molecular weight excluding hydrogens is 338 g/mol. The summed E-state index contributed by atoms with van der Waals surface area (Å²) in [6, 6.07) is 5.83. The van der Waals surface area contributed by atoms with Crippen LogP contribution >= 0.6 is 22.7 Å². The number of nitrogens with one attached hydrogen (secondary N) is 1. The van der Waals surface area contributed by atoms with Crippen LogP contribution in [0.3, 0.4) is 0 Å². The van der Waals surface area contributed by atoms with E-state index in [9.17, 15) is 4.79 Å². The third-order valence-electron chi connectivity index (χ3n) is 3.68. The number of pyridine rings is 1. The van der Waals surface area contributed by atoms with Crippen LogP contribution in [0.15, 0.2) is 36.0 Å². The Morgan fingerprint density at radius 2 is 2.04 bits per heavy atom. The highest BCUT2D eigenvalue weighted by atomic mass is 32.1. The van der Waals surface area contributed by atoms with Gasteiger partial charge in [-0.05, 0) is 36.6 Å². The van der Waals surface area contributed by atoms with Gasteiger partial charge in [-0.2, -0.15) is 0 Å². The molecule has 0 aliphatic rings. The summed E-state index contributed by atoms with van der Waals surface area (Å²) in [6.45, 7) is 4.29. The van der Waals surface area contributed by atoms with Gasteiger partial charge in [-0.25, -0.2) is 4.98 Å². The van der Waals surface area contributed by atoms with Crippen molar-refractivity contribution < 1.29 is 4.79 Å². The molecule has 1 N–H and O–H groups in total. The number of aromatic nitrogens is 2. The molecule has 0 spiro atoms. The van der Waals surface area contributed by atoms with Gasteiger partial charge in [0.05, 0.1) is 10.6 Å². The van der Waals surface area contributed by atoms with Gasteiger partial charge in [-0.3, -0.25) is 15.1 Å². The maximum atomic E-state index is 12.5. The van der Waals surface area contributed by atoms with E-state index in [4.69, 9.17) is 0 Å². The normalized spacial score (nSPS) is 10.8. The summed E-state index contributed by atoms with van der Waals surface area (Å²) in [6.07, 6.45) is 6.56. The molecule has 0 aliphatic carbocycles. The SMILES string of the molecule is CCCc1sc(C(=O)Nc2nc(-c3ccncc3)cs2)cc1CC. The summed E-state index contributed by atoms with van der Waals surface area (Å²) in [5, 5.41) is 5.48. The first-order valence-electron chi connectivity index (χ1n) is 8.00. The summed E-state index contributed by atoms with van der Waals surface area (Å²) in [5.74, 6) is -0.0762. The first-order valence-corrected chi connectivity index (χ1v) is 9.69. The summed E-state index contributed by atoms with van der Waals surface area (Å²) >= 11 is 3.03. The molecule has 0 bridgehead atoms. The fourth-order valence-electron chi connectivity index (χ4n) is 2.46. The van der Waals surface area contributed by atoms with Crippen molar-refractivity contribution in [2.45, 2.75) is 33.1 Å². The van der Waals surface area contributed by atoms with Crippen molar-refractivity contribution in [2.75, 3.05) is 5.32 Å². The Hall–Kier alpha value is -2.05. The molecule has 0 unspecified atom stereocenters. The molecule has 0 radical (unpaired) electrons. The Morgan fingerprint density at radius 1 is 1.25 bits per heavy atom. The molecule has 3 aromatic rings. The van der Waals surface area contributed by atoms with Crippen molar-refractivity contribution in [1.82, 2.24) is 9.97 Å². The smallest absolute Gasteiger partial charge is 0.267 e. The molecule has 24 heavy (non-hydrogen) atoms. The van der Waals surface area contributed by atoms with E-state index in [0.29, 0.717) is 5.13 Å². The van der Waals surface area contributed by atoms with E-state index < -0.39 is 0 Å². The predicted octanol–water partition coefficient (Wildman–Crippen LogP) is 5.03. The number of hydrogen-bond donors (Lipinski definition) is 1. The Balaban J connectivity index is 1.75. The molecule has 0 fully saturated rings. The first-order chi connectivity index (χ1) is 11.7. The number of carbonyl (C=O) groups excluding carboxylic acids is 1. The molecule has 6 heteroatoms. The van der Waals surface area contributed by atoms with Crippen LogP contribution in [0, 0.1) is 0 Å². The zero-order chi connectivity index (χ0) is 16.9. The lowest BCUT2D eigenvalue weighted by atomic mass is 10.1. The highest BCUT2D eigenvalue weighted by molar-refractivity contribution is 7.15. The average Bonchev–Trinajstić information content (AvgIpc) is 3.23. The molecule has 0 aromatic carbocycles. The lowest BCUT2D eigenvalue weighted by Crippen LogP contribution is -2.09. The van der Waals surface area contributed by atoms with Crippen LogP contribution in [0.2, 0.25) is 0 Å². The Morgan fingerprint density at radius 3 is 2.75 bits per heavy atom. The van der Waals surface area contributed by atoms with E-state index in [-0.39, 0.29) is 5.91 Å². The van der Waals surface area contributed by atoms with E-state index in [1.165, 1.54) is 21.8 Å². The summed E-state index contributed by atoms with van der Waals surface area (Å²) in [5.41, 5.74) is 3.13. The molecule has 1 amide bonds. The van der Waals surface area contributed by atoms with Gasteiger partial charge in [-0.1, -0.05) is 20.3 Å². The van der Waals surface area contributed by atoms with E-state index in [2.05, 4.69) is 29.1 Å². The van der Waals surface area contributed by atoms with E-state index in [1.54, 1.807) is 23.7 Å². The van der Waals surface area contributed by atoms with Gasteiger partial charge in [0.1, 0.15) is 0 Å². The lowest BCUT2D eigenvalue weighted by molar-refractivity contribution is 0.103. The van der Waals surface area contributed by atoms with E-state index >= 15 is 0 Å². The summed E-state index contributed by atoms with van der Waals surface area (Å²) in [4.78, 5) is 23.1. The van der Waals surface area contributed by atoms with Gasteiger partial charge in [0.15, 0.2) is 5.13 Å².